The average molecular weight is 230 g/mol. The lowest BCUT2D eigenvalue weighted by Crippen LogP contribution is -2.13. The molecule has 2 aromatic rings. The lowest BCUT2D eigenvalue weighted by Gasteiger charge is -2.13. The van der Waals surface area contributed by atoms with Gasteiger partial charge in [0.1, 0.15) is 11.6 Å². The van der Waals surface area contributed by atoms with Gasteiger partial charge in [-0.1, -0.05) is 6.92 Å². The summed E-state index contributed by atoms with van der Waals surface area (Å²) in [4.78, 5) is 8.61. The van der Waals surface area contributed by atoms with E-state index in [9.17, 15) is 0 Å². The molecule has 1 unspecified atom stereocenters. The van der Waals surface area contributed by atoms with Gasteiger partial charge in [0.05, 0.1) is 11.9 Å². The van der Waals surface area contributed by atoms with E-state index in [2.05, 4.69) is 29.1 Å². The Hall–Kier alpha value is -1.84. The zero-order chi connectivity index (χ0) is 12.3. The average Bonchev–Trinajstić information content (AvgIpc) is 2.76. The van der Waals surface area contributed by atoms with Crippen LogP contribution in [-0.2, 0) is 0 Å². The van der Waals surface area contributed by atoms with Crippen molar-refractivity contribution in [1.82, 2.24) is 14.5 Å². The highest BCUT2D eigenvalue weighted by Crippen LogP contribution is 2.12. The summed E-state index contributed by atoms with van der Waals surface area (Å²) in [7, 11) is 0. The summed E-state index contributed by atoms with van der Waals surface area (Å²) in [5.74, 6) is 1.84. The molecule has 0 spiro atoms. The quantitative estimate of drug-likeness (QED) is 0.878. The number of aryl methyl sites for hydroxylation is 1. The number of hydrogen-bond donors (Lipinski definition) is 1. The Kier molecular flexibility index (Phi) is 3.42. The molecule has 1 N–H and O–H groups in total. The molecule has 17 heavy (non-hydrogen) atoms. The maximum absolute atomic E-state index is 4.43. The van der Waals surface area contributed by atoms with E-state index in [-0.39, 0.29) is 0 Å². The predicted octanol–water partition coefficient (Wildman–Crippen LogP) is 2.79. The molecule has 2 aromatic heterocycles. The van der Waals surface area contributed by atoms with Crippen LogP contribution in [0.4, 0.5) is 5.69 Å². The molecule has 0 aliphatic carbocycles. The molecule has 0 saturated heterocycles. The van der Waals surface area contributed by atoms with E-state index in [4.69, 9.17) is 0 Å². The normalized spacial score (nSPS) is 12.4. The molecule has 0 amide bonds. The van der Waals surface area contributed by atoms with Crippen LogP contribution in [0.1, 0.15) is 26.1 Å². The van der Waals surface area contributed by atoms with Crippen molar-refractivity contribution in [1.29, 1.82) is 0 Å². The summed E-state index contributed by atoms with van der Waals surface area (Å²) in [6.07, 6.45) is 6.66. The third-order valence-corrected chi connectivity index (χ3v) is 2.85. The van der Waals surface area contributed by atoms with Gasteiger partial charge in [-0.3, -0.25) is 4.57 Å². The third-order valence-electron chi connectivity index (χ3n) is 2.85. The minimum atomic E-state index is 0.470. The molecule has 2 heterocycles. The number of imidazole rings is 1. The fourth-order valence-electron chi connectivity index (χ4n) is 1.62. The maximum atomic E-state index is 4.43. The van der Waals surface area contributed by atoms with Crippen molar-refractivity contribution in [2.45, 2.75) is 33.2 Å². The van der Waals surface area contributed by atoms with Crippen LogP contribution in [0.5, 0.6) is 0 Å². The van der Waals surface area contributed by atoms with Crippen LogP contribution in [0.15, 0.2) is 30.7 Å². The largest absolute Gasteiger partial charge is 0.381 e. The summed E-state index contributed by atoms with van der Waals surface area (Å²) in [5.41, 5.74) is 1.06. The molecule has 4 nitrogen and oxygen atoms in total. The van der Waals surface area contributed by atoms with Gasteiger partial charge >= 0.3 is 0 Å². The van der Waals surface area contributed by atoms with Gasteiger partial charge in [-0.15, -0.1) is 0 Å². The molecule has 4 heteroatoms. The summed E-state index contributed by atoms with van der Waals surface area (Å²) < 4.78 is 1.97. The van der Waals surface area contributed by atoms with Crippen molar-refractivity contribution in [3.63, 3.8) is 0 Å². The zero-order valence-electron chi connectivity index (χ0n) is 10.5. The number of nitrogens with one attached hydrogen (secondary N) is 1. The van der Waals surface area contributed by atoms with Crippen LogP contribution < -0.4 is 5.32 Å². The van der Waals surface area contributed by atoms with Gasteiger partial charge in [-0.05, 0) is 32.4 Å². The number of hydrogen-bond acceptors (Lipinski definition) is 3. The van der Waals surface area contributed by atoms with E-state index < -0.39 is 0 Å². The maximum Gasteiger partial charge on any atom is 0.138 e. The monoisotopic (exact) mass is 230 g/mol. The zero-order valence-corrected chi connectivity index (χ0v) is 10.5. The molecule has 0 aromatic carbocycles. The van der Waals surface area contributed by atoms with E-state index in [1.165, 1.54) is 0 Å². The lowest BCUT2D eigenvalue weighted by atomic mass is 10.2. The first-order chi connectivity index (χ1) is 8.20. The number of nitrogens with zero attached hydrogens (tertiary/aromatic N) is 3. The number of rotatable bonds is 4. The first kappa shape index (κ1) is 11.6. The number of pyridine rings is 1. The number of aromatic nitrogens is 3. The van der Waals surface area contributed by atoms with E-state index in [0.29, 0.717) is 6.04 Å². The molecule has 0 saturated carbocycles. The van der Waals surface area contributed by atoms with E-state index in [1.54, 1.807) is 6.20 Å². The van der Waals surface area contributed by atoms with Crippen LogP contribution >= 0.6 is 0 Å². The van der Waals surface area contributed by atoms with Gasteiger partial charge in [-0.2, -0.15) is 0 Å². The molecular formula is C13H18N4. The highest BCUT2D eigenvalue weighted by molar-refractivity contribution is 5.44. The summed E-state index contributed by atoms with van der Waals surface area (Å²) in [6.45, 7) is 6.29. The molecule has 0 aliphatic rings. The molecular weight excluding hydrogens is 212 g/mol. The second kappa shape index (κ2) is 4.99. The first-order valence-corrected chi connectivity index (χ1v) is 5.93. The van der Waals surface area contributed by atoms with Crippen LogP contribution in [0, 0.1) is 6.92 Å². The second-order valence-electron chi connectivity index (χ2n) is 4.20. The lowest BCUT2D eigenvalue weighted by molar-refractivity contribution is 0.763. The second-order valence-corrected chi connectivity index (χ2v) is 4.20. The number of anilines is 1. The minimum absolute atomic E-state index is 0.470. The Labute approximate surface area is 102 Å². The van der Waals surface area contributed by atoms with Crippen molar-refractivity contribution in [3.8, 4) is 5.82 Å². The fourth-order valence-corrected chi connectivity index (χ4v) is 1.62. The molecule has 0 fully saturated rings. The molecule has 2 rings (SSSR count). The highest BCUT2D eigenvalue weighted by Gasteiger charge is 2.03. The summed E-state index contributed by atoms with van der Waals surface area (Å²) in [5, 5.41) is 3.39. The molecule has 0 aliphatic heterocycles. The van der Waals surface area contributed by atoms with Gasteiger partial charge in [0.2, 0.25) is 0 Å². The Balaban J connectivity index is 2.16. The van der Waals surface area contributed by atoms with Gasteiger partial charge in [-0.25, -0.2) is 9.97 Å². The highest BCUT2D eigenvalue weighted by atomic mass is 15.1. The van der Waals surface area contributed by atoms with Crippen LogP contribution in [0.2, 0.25) is 0 Å². The van der Waals surface area contributed by atoms with Crippen molar-refractivity contribution in [3.05, 3.63) is 36.5 Å². The van der Waals surface area contributed by atoms with E-state index in [1.807, 2.05) is 36.0 Å². The summed E-state index contributed by atoms with van der Waals surface area (Å²) in [6, 6.07) is 4.52. The SMILES string of the molecule is CCC(C)Nc1ccc(-n2ccnc2C)nc1. The van der Waals surface area contributed by atoms with Crippen molar-refractivity contribution >= 4 is 5.69 Å². The van der Waals surface area contributed by atoms with Crippen LogP contribution in [0.25, 0.3) is 5.82 Å². The van der Waals surface area contributed by atoms with Gasteiger partial charge in [0.25, 0.3) is 0 Å². The topological polar surface area (TPSA) is 42.7 Å². The minimum Gasteiger partial charge on any atom is -0.381 e. The third kappa shape index (κ3) is 2.64. The smallest absolute Gasteiger partial charge is 0.138 e. The van der Waals surface area contributed by atoms with Crippen molar-refractivity contribution in [2.24, 2.45) is 0 Å². The van der Waals surface area contributed by atoms with E-state index in [0.717, 1.165) is 23.8 Å². The summed E-state index contributed by atoms with van der Waals surface area (Å²) >= 11 is 0. The Morgan fingerprint density at radius 3 is 2.71 bits per heavy atom. The van der Waals surface area contributed by atoms with Gasteiger partial charge < -0.3 is 5.32 Å². The standard InChI is InChI=1S/C13H18N4/c1-4-10(2)16-12-5-6-13(15-9-12)17-8-7-14-11(17)3/h5-10,16H,4H2,1-3H3. The fraction of sp³-hybridized carbons (Fsp3) is 0.385. The van der Waals surface area contributed by atoms with Crippen LogP contribution in [-0.4, -0.2) is 20.6 Å². The predicted molar refractivity (Wildman–Crippen MR) is 69.5 cm³/mol. The molecule has 0 bridgehead atoms. The molecule has 0 radical (unpaired) electrons. The Morgan fingerprint density at radius 1 is 1.35 bits per heavy atom. The first-order valence-electron chi connectivity index (χ1n) is 5.93. The van der Waals surface area contributed by atoms with E-state index >= 15 is 0 Å². The molecule has 1 atom stereocenters. The Morgan fingerprint density at radius 2 is 2.18 bits per heavy atom. The van der Waals surface area contributed by atoms with Gasteiger partial charge in [0.15, 0.2) is 0 Å². The van der Waals surface area contributed by atoms with Gasteiger partial charge in [0, 0.05) is 18.4 Å². The van der Waals surface area contributed by atoms with Crippen molar-refractivity contribution in [2.75, 3.05) is 5.32 Å². The molecule has 90 valence electrons. The van der Waals surface area contributed by atoms with Crippen molar-refractivity contribution < 1.29 is 0 Å². The van der Waals surface area contributed by atoms with Crippen LogP contribution in [0.3, 0.4) is 0 Å². The Bertz CT molecular complexity index is 472.